The Morgan fingerprint density at radius 1 is 1.48 bits per heavy atom. The Morgan fingerprint density at radius 3 is 3.12 bits per heavy atom. The number of hydrogen-bond donors (Lipinski definition) is 1. The van der Waals surface area contributed by atoms with E-state index in [-0.39, 0.29) is 13.0 Å². The SMILES string of the molecule is N#CCC(n1cc(-c2ncnc3[nH]ccc23)cn1)C1(F)CC[N]([Al])C1. The van der Waals surface area contributed by atoms with E-state index in [0.717, 1.165) is 22.3 Å². The fourth-order valence-corrected chi connectivity index (χ4v) is 3.86. The highest BCUT2D eigenvalue weighted by atomic mass is 27.1. The number of rotatable bonds is 4. The molecule has 1 saturated heterocycles. The standard InChI is InChI=1S/C16H15FN7.Al/c17-16(3-6-19-9-16)13(1-4-18)24-8-11(7-23-24)14-12-2-5-20-15(12)22-10-21-14;/h2,5,7-8,10,13H,1,3,6,9H2,(H,20,21,22);/q-1;+1. The first-order chi connectivity index (χ1) is 12.1. The zero-order valence-corrected chi connectivity index (χ0v) is 14.6. The number of nitrogens with zero attached hydrogens (tertiary/aromatic N) is 6. The molecule has 3 aromatic rings. The topological polar surface area (TPSA) is 86.4 Å². The Morgan fingerprint density at radius 2 is 2.36 bits per heavy atom. The minimum absolute atomic E-state index is 0.0689. The molecule has 25 heavy (non-hydrogen) atoms. The van der Waals surface area contributed by atoms with E-state index in [1.807, 2.05) is 9.95 Å². The van der Waals surface area contributed by atoms with Crippen molar-refractivity contribution in [2.24, 2.45) is 0 Å². The summed E-state index contributed by atoms with van der Waals surface area (Å²) in [6.45, 7) is 0.919. The summed E-state index contributed by atoms with van der Waals surface area (Å²) in [5.74, 6) is 0. The predicted molar refractivity (Wildman–Crippen MR) is 90.2 cm³/mol. The fraction of sp³-hybridized carbons (Fsp3) is 0.375. The fourth-order valence-electron chi connectivity index (χ4n) is 3.43. The molecular weight excluding hydrogens is 336 g/mol. The summed E-state index contributed by atoms with van der Waals surface area (Å²) in [5.41, 5.74) is 0.776. The van der Waals surface area contributed by atoms with Crippen molar-refractivity contribution < 1.29 is 4.39 Å². The molecule has 124 valence electrons. The van der Waals surface area contributed by atoms with E-state index in [9.17, 15) is 5.26 Å². The molecule has 0 aromatic carbocycles. The van der Waals surface area contributed by atoms with Gasteiger partial charge in [-0.15, -0.1) is 0 Å². The van der Waals surface area contributed by atoms with Crippen molar-refractivity contribution in [1.82, 2.24) is 28.6 Å². The van der Waals surface area contributed by atoms with Crippen molar-refractivity contribution >= 4 is 27.5 Å². The first-order valence-corrected chi connectivity index (χ1v) is 8.50. The van der Waals surface area contributed by atoms with Crippen LogP contribution in [0.4, 0.5) is 4.39 Å². The van der Waals surface area contributed by atoms with Gasteiger partial charge in [-0.2, -0.15) is 10.4 Å². The van der Waals surface area contributed by atoms with Gasteiger partial charge in [-0.3, -0.25) is 4.68 Å². The van der Waals surface area contributed by atoms with E-state index in [1.165, 1.54) is 6.33 Å². The summed E-state index contributed by atoms with van der Waals surface area (Å²) >= 11 is 2.53. The number of nitrogens with one attached hydrogen (secondary N) is 1. The zero-order chi connectivity index (χ0) is 17.4. The number of halogens is 1. The van der Waals surface area contributed by atoms with Crippen LogP contribution in [0.5, 0.6) is 0 Å². The van der Waals surface area contributed by atoms with Crippen LogP contribution < -0.4 is 0 Å². The molecule has 2 unspecified atom stereocenters. The van der Waals surface area contributed by atoms with E-state index in [2.05, 4.69) is 42.6 Å². The first-order valence-electron chi connectivity index (χ1n) is 7.99. The third-order valence-electron chi connectivity index (χ3n) is 4.71. The molecule has 2 radical (unpaired) electrons. The highest BCUT2D eigenvalue weighted by Gasteiger charge is 2.44. The van der Waals surface area contributed by atoms with Crippen molar-refractivity contribution in [2.45, 2.75) is 24.6 Å². The maximum absolute atomic E-state index is 15.4. The van der Waals surface area contributed by atoms with Gasteiger partial charge in [-0.05, 0) is 19.0 Å². The molecule has 0 amide bonds. The maximum atomic E-state index is 15.4. The normalized spacial score (nSPS) is 22.2. The molecule has 0 aliphatic carbocycles. The number of H-pyrrole nitrogens is 1. The number of aromatic amines is 1. The molecule has 0 spiro atoms. The maximum Gasteiger partial charge on any atom is 0.256 e. The van der Waals surface area contributed by atoms with Gasteiger partial charge in [0.25, 0.3) is 16.5 Å². The molecule has 1 fully saturated rings. The number of nitriles is 1. The lowest BCUT2D eigenvalue weighted by molar-refractivity contribution is 0.0969. The van der Waals surface area contributed by atoms with Crippen LogP contribution in [0.15, 0.2) is 31.0 Å². The smallest absolute Gasteiger partial charge is 0.256 e. The Hall–Kier alpha value is -2.26. The number of alkyl halides is 1. The van der Waals surface area contributed by atoms with Gasteiger partial charge in [0.2, 0.25) is 0 Å². The van der Waals surface area contributed by atoms with Gasteiger partial charge in [-0.1, -0.05) is 0 Å². The lowest BCUT2D eigenvalue weighted by atomic mass is 9.93. The Labute approximate surface area is 152 Å². The summed E-state index contributed by atoms with van der Waals surface area (Å²) in [6.07, 6.45) is 7.17. The highest BCUT2D eigenvalue weighted by molar-refractivity contribution is 6.04. The number of hydrogen-bond acceptors (Lipinski definition) is 5. The average Bonchev–Trinajstić information content (AvgIpc) is 3.32. The second-order valence-electron chi connectivity index (χ2n) is 6.30. The monoisotopic (exact) mass is 351 g/mol. The van der Waals surface area contributed by atoms with Crippen LogP contribution in [-0.2, 0) is 0 Å². The molecule has 9 heteroatoms. The minimum Gasteiger partial charge on any atom is -0.400 e. The highest BCUT2D eigenvalue weighted by Crippen LogP contribution is 2.38. The van der Waals surface area contributed by atoms with Gasteiger partial charge >= 0.3 is 0 Å². The lowest BCUT2D eigenvalue weighted by Gasteiger charge is -2.29. The molecular formula is C16H15AlFN7. The van der Waals surface area contributed by atoms with Gasteiger partial charge in [0, 0.05) is 29.9 Å². The third-order valence-corrected chi connectivity index (χ3v) is 5.15. The summed E-state index contributed by atoms with van der Waals surface area (Å²) in [4.78, 5) is 11.6. The Kier molecular flexibility index (Phi) is 4.04. The molecule has 3 aromatic heterocycles. The molecule has 1 aliphatic rings. The van der Waals surface area contributed by atoms with Crippen molar-refractivity contribution in [3.8, 4) is 17.3 Å². The van der Waals surface area contributed by atoms with Crippen LogP contribution in [-0.4, -0.2) is 63.9 Å². The van der Waals surface area contributed by atoms with E-state index >= 15 is 4.39 Å². The van der Waals surface area contributed by atoms with E-state index < -0.39 is 11.7 Å². The third kappa shape index (κ3) is 2.83. The first kappa shape index (κ1) is 16.2. The zero-order valence-electron chi connectivity index (χ0n) is 13.4. The quantitative estimate of drug-likeness (QED) is 0.724. The molecule has 7 nitrogen and oxygen atoms in total. The van der Waals surface area contributed by atoms with E-state index in [1.54, 1.807) is 23.3 Å². The van der Waals surface area contributed by atoms with Gasteiger partial charge in [0.15, 0.2) is 0 Å². The van der Waals surface area contributed by atoms with Crippen LogP contribution in [0.1, 0.15) is 18.9 Å². The van der Waals surface area contributed by atoms with Crippen LogP contribution in [0, 0.1) is 11.3 Å². The minimum atomic E-state index is -1.48. The Bertz CT molecular complexity index is 945. The molecule has 2 atom stereocenters. The van der Waals surface area contributed by atoms with Gasteiger partial charge < -0.3 is 8.87 Å². The summed E-state index contributed by atoms with van der Waals surface area (Å²) in [7, 11) is 0. The molecule has 1 aliphatic heterocycles. The number of aromatic nitrogens is 5. The summed E-state index contributed by atoms with van der Waals surface area (Å²) in [5, 5.41) is 14.4. The van der Waals surface area contributed by atoms with Crippen LogP contribution >= 0.6 is 0 Å². The molecule has 0 saturated carbocycles. The van der Waals surface area contributed by atoms with Crippen molar-refractivity contribution in [3.05, 3.63) is 31.0 Å². The Balaban J connectivity index is 1.72. The molecule has 4 heterocycles. The van der Waals surface area contributed by atoms with Crippen LogP contribution in [0.3, 0.4) is 0 Å². The van der Waals surface area contributed by atoms with E-state index in [0.29, 0.717) is 13.0 Å². The average molecular weight is 351 g/mol. The van der Waals surface area contributed by atoms with Gasteiger partial charge in [-0.25, -0.2) is 14.4 Å². The lowest BCUT2D eigenvalue weighted by Crippen LogP contribution is -2.38. The second kappa shape index (κ2) is 6.23. The second-order valence-corrected chi connectivity index (χ2v) is 7.03. The molecule has 4 rings (SSSR count). The summed E-state index contributed by atoms with van der Waals surface area (Å²) in [6, 6.07) is 3.37. The van der Waals surface area contributed by atoms with Crippen LogP contribution in [0.2, 0.25) is 0 Å². The molecule has 1 N–H and O–H groups in total. The van der Waals surface area contributed by atoms with Crippen molar-refractivity contribution in [1.29, 1.82) is 5.26 Å². The van der Waals surface area contributed by atoms with Crippen molar-refractivity contribution in [3.63, 3.8) is 0 Å². The van der Waals surface area contributed by atoms with Crippen molar-refractivity contribution in [2.75, 3.05) is 13.1 Å². The molecule has 0 bridgehead atoms. The predicted octanol–water partition coefficient (Wildman–Crippen LogP) is 1.77. The summed E-state index contributed by atoms with van der Waals surface area (Å²) < 4.78 is 18.9. The van der Waals surface area contributed by atoms with Crippen LogP contribution in [0.25, 0.3) is 22.3 Å². The van der Waals surface area contributed by atoms with Gasteiger partial charge in [0.05, 0.1) is 24.4 Å². The largest absolute Gasteiger partial charge is 0.400 e. The van der Waals surface area contributed by atoms with E-state index in [4.69, 9.17) is 0 Å². The van der Waals surface area contributed by atoms with Gasteiger partial charge in [0.1, 0.15) is 23.7 Å². The number of fused-ring (bicyclic) bond motifs is 1.